The van der Waals surface area contributed by atoms with Gasteiger partial charge in [-0.1, -0.05) is 0 Å². The summed E-state index contributed by atoms with van der Waals surface area (Å²) in [5.41, 5.74) is -0.422. The van der Waals surface area contributed by atoms with Crippen LogP contribution in [0, 0.1) is 4.77 Å². The fourth-order valence-corrected chi connectivity index (χ4v) is 2.96. The predicted octanol–water partition coefficient (Wildman–Crippen LogP) is 3.15. The second-order valence-electron chi connectivity index (χ2n) is 6.02. The van der Waals surface area contributed by atoms with Gasteiger partial charge in [0.2, 0.25) is 5.88 Å². The molecule has 0 bridgehead atoms. The number of H-pyrrole nitrogens is 1. The molecule has 30 heavy (non-hydrogen) atoms. The van der Waals surface area contributed by atoms with Crippen LogP contribution in [0.1, 0.15) is 22.8 Å². The molecule has 10 heteroatoms. The zero-order valence-corrected chi connectivity index (χ0v) is 16.5. The molecule has 0 amide bonds. The smallest absolute Gasteiger partial charge is 0.339 e. The van der Waals surface area contributed by atoms with Crippen molar-refractivity contribution in [2.24, 2.45) is 4.99 Å². The number of ether oxygens (including phenoxy) is 1. The van der Waals surface area contributed by atoms with Crippen molar-refractivity contribution in [1.29, 1.82) is 0 Å². The Morgan fingerprint density at radius 1 is 1.23 bits per heavy atom. The van der Waals surface area contributed by atoms with Gasteiger partial charge in [-0.3, -0.25) is 19.3 Å². The van der Waals surface area contributed by atoms with Gasteiger partial charge in [0.1, 0.15) is 22.6 Å². The largest absolute Gasteiger partial charge is 0.507 e. The fourth-order valence-electron chi connectivity index (χ4n) is 2.67. The SMILES string of the molecule is CCOc1ccc(-n2c(O)c(C=Nc3ccc(C(=O)O)c(O)c3)c(=O)[nH]c2=S)cc1. The van der Waals surface area contributed by atoms with Crippen molar-refractivity contribution in [2.45, 2.75) is 6.92 Å². The lowest BCUT2D eigenvalue weighted by Crippen LogP contribution is -2.18. The molecule has 0 aliphatic rings. The molecule has 1 aromatic heterocycles. The van der Waals surface area contributed by atoms with Crippen LogP contribution in [0.25, 0.3) is 5.69 Å². The third kappa shape index (κ3) is 4.23. The Labute approximate surface area is 175 Å². The van der Waals surface area contributed by atoms with Crippen molar-refractivity contribution < 1.29 is 24.9 Å². The standard InChI is InChI=1S/C20H17N3O6S/c1-2-29-13-6-4-12(5-7-13)23-18(26)15(17(25)22-20(23)30)10-21-11-3-8-14(19(27)28)16(24)9-11/h3-10,24,26H,2H2,1H3,(H,27,28)(H,22,25,30). The average molecular weight is 427 g/mol. The van der Waals surface area contributed by atoms with E-state index in [9.17, 15) is 19.8 Å². The molecule has 154 valence electrons. The Morgan fingerprint density at radius 3 is 2.53 bits per heavy atom. The van der Waals surface area contributed by atoms with E-state index in [1.807, 2.05) is 6.92 Å². The van der Waals surface area contributed by atoms with Crippen molar-refractivity contribution in [3.63, 3.8) is 0 Å². The van der Waals surface area contributed by atoms with E-state index in [2.05, 4.69) is 9.98 Å². The molecule has 0 radical (unpaired) electrons. The Balaban J connectivity index is 2.02. The summed E-state index contributed by atoms with van der Waals surface area (Å²) in [5.74, 6) is -1.54. The monoisotopic (exact) mass is 427 g/mol. The third-order valence-corrected chi connectivity index (χ3v) is 4.37. The van der Waals surface area contributed by atoms with Gasteiger partial charge in [-0.2, -0.15) is 0 Å². The molecule has 3 rings (SSSR count). The van der Waals surface area contributed by atoms with E-state index < -0.39 is 23.2 Å². The molecule has 0 saturated carbocycles. The third-order valence-electron chi connectivity index (χ3n) is 4.08. The number of rotatable bonds is 6. The van der Waals surface area contributed by atoms with Gasteiger partial charge in [0.05, 0.1) is 18.0 Å². The maximum Gasteiger partial charge on any atom is 0.339 e. The zero-order chi connectivity index (χ0) is 21.8. The topological polar surface area (TPSA) is 137 Å². The molecule has 4 N–H and O–H groups in total. The summed E-state index contributed by atoms with van der Waals surface area (Å²) in [6.07, 6.45) is 1.10. The number of hydrogen-bond acceptors (Lipinski definition) is 7. The van der Waals surface area contributed by atoms with Crippen LogP contribution in [0.3, 0.4) is 0 Å². The normalized spacial score (nSPS) is 11.0. The number of aromatic nitrogens is 2. The zero-order valence-electron chi connectivity index (χ0n) is 15.7. The number of carboxylic acids is 1. The van der Waals surface area contributed by atoms with Gasteiger partial charge in [-0.25, -0.2) is 4.79 Å². The van der Waals surface area contributed by atoms with E-state index in [4.69, 9.17) is 22.1 Å². The molecule has 2 aromatic carbocycles. The van der Waals surface area contributed by atoms with Crippen LogP contribution < -0.4 is 10.3 Å². The van der Waals surface area contributed by atoms with Crippen LogP contribution in [0.2, 0.25) is 0 Å². The highest BCUT2D eigenvalue weighted by molar-refractivity contribution is 7.71. The van der Waals surface area contributed by atoms with Gasteiger partial charge < -0.3 is 20.1 Å². The lowest BCUT2D eigenvalue weighted by molar-refractivity contribution is 0.0694. The lowest BCUT2D eigenvalue weighted by Gasteiger charge is -2.12. The quantitative estimate of drug-likeness (QED) is 0.350. The average Bonchev–Trinajstić information content (AvgIpc) is 2.69. The van der Waals surface area contributed by atoms with Crippen LogP contribution in [0.4, 0.5) is 5.69 Å². The van der Waals surface area contributed by atoms with E-state index >= 15 is 0 Å². The van der Waals surface area contributed by atoms with Crippen LogP contribution in [0.15, 0.2) is 52.3 Å². The van der Waals surface area contributed by atoms with Crippen LogP contribution in [-0.2, 0) is 0 Å². The Kier molecular flexibility index (Phi) is 5.98. The summed E-state index contributed by atoms with van der Waals surface area (Å²) in [4.78, 5) is 29.8. The summed E-state index contributed by atoms with van der Waals surface area (Å²) < 4.78 is 6.64. The highest BCUT2D eigenvalue weighted by atomic mass is 32.1. The van der Waals surface area contributed by atoms with Gasteiger partial charge in [0, 0.05) is 12.3 Å². The number of aromatic amines is 1. The Hall–Kier alpha value is -3.92. The first kappa shape index (κ1) is 20.8. The van der Waals surface area contributed by atoms with E-state index in [-0.39, 0.29) is 21.6 Å². The van der Waals surface area contributed by atoms with Gasteiger partial charge in [0.25, 0.3) is 5.56 Å². The fraction of sp³-hybridized carbons (Fsp3) is 0.100. The number of phenols is 1. The highest BCUT2D eigenvalue weighted by Crippen LogP contribution is 2.25. The highest BCUT2D eigenvalue weighted by Gasteiger charge is 2.13. The van der Waals surface area contributed by atoms with Crippen molar-refractivity contribution in [2.75, 3.05) is 6.61 Å². The first-order valence-corrected chi connectivity index (χ1v) is 9.14. The lowest BCUT2D eigenvalue weighted by atomic mass is 10.2. The van der Waals surface area contributed by atoms with Crippen molar-refractivity contribution in [3.8, 4) is 23.1 Å². The number of carboxylic acid groups (broad SMARTS) is 1. The molecular weight excluding hydrogens is 410 g/mol. The second-order valence-corrected chi connectivity index (χ2v) is 6.41. The summed E-state index contributed by atoms with van der Waals surface area (Å²) in [6, 6.07) is 10.4. The van der Waals surface area contributed by atoms with Gasteiger partial charge in [-0.05, 0) is 55.5 Å². The molecule has 9 nitrogen and oxygen atoms in total. The molecule has 0 unspecified atom stereocenters. The number of carbonyl (C=O) groups is 1. The molecule has 0 aliphatic carbocycles. The van der Waals surface area contributed by atoms with Crippen molar-refractivity contribution >= 4 is 30.1 Å². The number of aromatic carboxylic acids is 1. The first-order chi connectivity index (χ1) is 14.3. The summed E-state index contributed by atoms with van der Waals surface area (Å²) in [6.45, 7) is 2.37. The maximum atomic E-state index is 12.3. The number of nitrogens with one attached hydrogen (secondary N) is 1. The minimum Gasteiger partial charge on any atom is -0.507 e. The first-order valence-electron chi connectivity index (χ1n) is 8.73. The van der Waals surface area contributed by atoms with Crippen molar-refractivity contribution in [1.82, 2.24) is 9.55 Å². The van der Waals surface area contributed by atoms with Gasteiger partial charge in [0.15, 0.2) is 4.77 Å². The van der Waals surface area contributed by atoms with Gasteiger partial charge in [-0.15, -0.1) is 0 Å². The van der Waals surface area contributed by atoms with Crippen LogP contribution in [0.5, 0.6) is 17.4 Å². The molecule has 0 spiro atoms. The van der Waals surface area contributed by atoms with Gasteiger partial charge >= 0.3 is 5.97 Å². The molecular formula is C20H17N3O6S. The van der Waals surface area contributed by atoms with E-state index in [0.29, 0.717) is 18.0 Å². The van der Waals surface area contributed by atoms with E-state index in [1.54, 1.807) is 24.3 Å². The second kappa shape index (κ2) is 8.62. The molecule has 0 fully saturated rings. The summed E-state index contributed by atoms with van der Waals surface area (Å²) >= 11 is 5.17. The van der Waals surface area contributed by atoms with Crippen LogP contribution in [-0.4, -0.2) is 43.7 Å². The van der Waals surface area contributed by atoms with E-state index in [1.165, 1.54) is 16.7 Å². The molecule has 0 aliphatic heterocycles. The number of benzene rings is 2. The summed E-state index contributed by atoms with van der Waals surface area (Å²) in [7, 11) is 0. The predicted molar refractivity (Wildman–Crippen MR) is 112 cm³/mol. The number of aromatic hydroxyl groups is 2. The van der Waals surface area contributed by atoms with Crippen LogP contribution >= 0.6 is 12.2 Å². The van der Waals surface area contributed by atoms with Crippen molar-refractivity contribution in [3.05, 3.63) is 68.7 Å². The summed E-state index contributed by atoms with van der Waals surface area (Å²) in [5, 5.41) is 29.4. The molecule has 1 heterocycles. The molecule has 0 saturated heterocycles. The molecule has 3 aromatic rings. The number of nitrogens with zero attached hydrogens (tertiary/aromatic N) is 2. The number of hydrogen-bond donors (Lipinski definition) is 4. The van der Waals surface area contributed by atoms with E-state index in [0.717, 1.165) is 12.3 Å². The number of aliphatic imine (C=N–C) groups is 1. The minimum absolute atomic E-state index is 0.0118. The Morgan fingerprint density at radius 2 is 1.93 bits per heavy atom. The molecule has 0 atom stereocenters. The maximum absolute atomic E-state index is 12.3. The Bertz CT molecular complexity index is 1240. The minimum atomic E-state index is -1.28.